The second-order valence-electron chi connectivity index (χ2n) is 2.83. The maximum absolute atomic E-state index is 4.36. The fraction of sp³-hybridized carbons (Fsp3) is 0.222. The minimum atomic E-state index is 0.645. The lowest BCUT2D eigenvalue weighted by molar-refractivity contribution is 0.930. The van der Waals surface area contributed by atoms with Gasteiger partial charge in [0.1, 0.15) is 5.01 Å². The Morgan fingerprint density at radius 1 is 1.57 bits per heavy atom. The van der Waals surface area contributed by atoms with Crippen LogP contribution in [0.25, 0.3) is 0 Å². The number of aromatic nitrogens is 3. The van der Waals surface area contributed by atoms with Crippen molar-refractivity contribution in [2.45, 2.75) is 13.5 Å². The minimum Gasteiger partial charge on any atom is -0.264 e. The summed E-state index contributed by atoms with van der Waals surface area (Å²) < 4.78 is 0. The molecule has 0 saturated heterocycles. The average Bonchev–Trinajstić information content (AvgIpc) is 2.63. The Bertz CT molecular complexity index is 457. The molecule has 0 amide bonds. The molecule has 0 aliphatic carbocycles. The van der Waals surface area contributed by atoms with E-state index in [9.17, 15) is 0 Å². The molecule has 0 bridgehead atoms. The fourth-order valence-corrected chi connectivity index (χ4v) is 1.63. The zero-order valence-electron chi connectivity index (χ0n) is 7.77. The molecule has 0 aliphatic rings. The van der Waals surface area contributed by atoms with Crippen LogP contribution in [0.5, 0.6) is 0 Å². The van der Waals surface area contributed by atoms with E-state index in [4.69, 9.17) is 0 Å². The van der Waals surface area contributed by atoms with Crippen molar-refractivity contribution < 1.29 is 0 Å². The standard InChI is InChI=1S/C9H10N4S/c1-7-12-13-9(14-7)11-6-8-3-2-4-10-5-8/h2-5H,6H2,1H3,(H,11,13). The van der Waals surface area contributed by atoms with Gasteiger partial charge in [0.25, 0.3) is 0 Å². The Morgan fingerprint density at radius 3 is 3.14 bits per heavy atom. The Labute approximate surface area is 85.4 Å². The zero-order chi connectivity index (χ0) is 9.80. The first kappa shape index (κ1) is 9.08. The summed E-state index contributed by atoms with van der Waals surface area (Å²) in [6.45, 7) is 2.59. The molecule has 72 valence electrons. The number of hydrogen-bond donors (Lipinski definition) is 1. The SMILES string of the molecule is Cc1n[nH]/c(=N\Cc2cccnc2)s1. The number of aryl methyl sites for hydroxylation is 1. The third kappa shape index (κ3) is 2.26. The minimum absolute atomic E-state index is 0.645. The van der Waals surface area contributed by atoms with Crippen molar-refractivity contribution in [2.24, 2.45) is 4.99 Å². The predicted octanol–water partition coefficient (Wildman–Crippen LogP) is 1.28. The Balaban J connectivity index is 2.15. The molecule has 1 N–H and O–H groups in total. The van der Waals surface area contributed by atoms with Crippen molar-refractivity contribution in [1.29, 1.82) is 0 Å². The van der Waals surface area contributed by atoms with Crippen LogP contribution >= 0.6 is 11.3 Å². The van der Waals surface area contributed by atoms with Crippen molar-refractivity contribution >= 4 is 11.3 Å². The second-order valence-corrected chi connectivity index (χ2v) is 4.01. The summed E-state index contributed by atoms with van der Waals surface area (Å²) in [5, 5.41) is 7.87. The van der Waals surface area contributed by atoms with Crippen molar-refractivity contribution in [1.82, 2.24) is 15.2 Å². The highest BCUT2D eigenvalue weighted by molar-refractivity contribution is 7.08. The van der Waals surface area contributed by atoms with E-state index in [-0.39, 0.29) is 0 Å². The van der Waals surface area contributed by atoms with E-state index in [0.717, 1.165) is 15.4 Å². The van der Waals surface area contributed by atoms with Crippen LogP contribution in [0.1, 0.15) is 10.6 Å². The van der Waals surface area contributed by atoms with Crippen molar-refractivity contribution in [3.63, 3.8) is 0 Å². The molecular weight excluding hydrogens is 196 g/mol. The van der Waals surface area contributed by atoms with Gasteiger partial charge in [0.05, 0.1) is 6.54 Å². The highest BCUT2D eigenvalue weighted by Crippen LogP contribution is 1.97. The van der Waals surface area contributed by atoms with E-state index in [2.05, 4.69) is 20.2 Å². The van der Waals surface area contributed by atoms with Crippen LogP contribution in [-0.2, 0) is 6.54 Å². The molecule has 4 nitrogen and oxygen atoms in total. The van der Waals surface area contributed by atoms with Crippen LogP contribution in [0.2, 0.25) is 0 Å². The molecule has 0 saturated carbocycles. The molecule has 0 fully saturated rings. The average molecular weight is 206 g/mol. The van der Waals surface area contributed by atoms with E-state index < -0.39 is 0 Å². The Hall–Kier alpha value is -1.49. The lowest BCUT2D eigenvalue weighted by atomic mass is 10.3. The maximum atomic E-state index is 4.36. The largest absolute Gasteiger partial charge is 0.264 e. The molecule has 0 aliphatic heterocycles. The van der Waals surface area contributed by atoms with Crippen molar-refractivity contribution in [3.8, 4) is 0 Å². The quantitative estimate of drug-likeness (QED) is 0.804. The highest BCUT2D eigenvalue weighted by atomic mass is 32.1. The summed E-state index contributed by atoms with van der Waals surface area (Å²) >= 11 is 1.55. The molecule has 2 rings (SSSR count). The highest BCUT2D eigenvalue weighted by Gasteiger charge is 1.91. The van der Waals surface area contributed by atoms with Gasteiger partial charge in [0, 0.05) is 12.4 Å². The summed E-state index contributed by atoms with van der Waals surface area (Å²) in [5.41, 5.74) is 1.10. The number of pyridine rings is 1. The number of rotatable bonds is 2. The number of hydrogen-bond acceptors (Lipinski definition) is 4. The normalized spacial score (nSPS) is 11.9. The van der Waals surface area contributed by atoms with Crippen LogP contribution in [0, 0.1) is 6.92 Å². The van der Waals surface area contributed by atoms with Gasteiger partial charge < -0.3 is 0 Å². The molecule has 2 aromatic heterocycles. The van der Waals surface area contributed by atoms with E-state index >= 15 is 0 Å². The molecule has 0 aromatic carbocycles. The van der Waals surface area contributed by atoms with Crippen LogP contribution in [0.15, 0.2) is 29.5 Å². The lowest BCUT2D eigenvalue weighted by Crippen LogP contribution is -1.98. The van der Waals surface area contributed by atoms with Gasteiger partial charge in [-0.25, -0.2) is 0 Å². The molecule has 0 spiro atoms. The van der Waals surface area contributed by atoms with Gasteiger partial charge in [-0.1, -0.05) is 17.4 Å². The summed E-state index contributed by atoms with van der Waals surface area (Å²) in [6.07, 6.45) is 3.57. The smallest absolute Gasteiger partial charge is 0.200 e. The van der Waals surface area contributed by atoms with Gasteiger partial charge in [-0.3, -0.25) is 15.1 Å². The van der Waals surface area contributed by atoms with Gasteiger partial charge >= 0.3 is 0 Å². The lowest BCUT2D eigenvalue weighted by Gasteiger charge is -1.91. The molecule has 5 heteroatoms. The number of aromatic amines is 1. The van der Waals surface area contributed by atoms with Gasteiger partial charge in [-0.15, -0.1) is 0 Å². The third-order valence-electron chi connectivity index (χ3n) is 1.68. The van der Waals surface area contributed by atoms with E-state index in [1.807, 2.05) is 25.3 Å². The predicted molar refractivity (Wildman–Crippen MR) is 54.7 cm³/mol. The number of H-pyrrole nitrogens is 1. The van der Waals surface area contributed by atoms with Crippen LogP contribution in [0.3, 0.4) is 0 Å². The Kier molecular flexibility index (Phi) is 2.69. The van der Waals surface area contributed by atoms with Gasteiger partial charge in [0.15, 0.2) is 0 Å². The second kappa shape index (κ2) is 4.15. The van der Waals surface area contributed by atoms with Crippen molar-refractivity contribution in [3.05, 3.63) is 39.9 Å². The summed E-state index contributed by atoms with van der Waals surface area (Å²) in [5.74, 6) is 0. The summed E-state index contributed by atoms with van der Waals surface area (Å²) in [4.78, 5) is 9.23. The van der Waals surface area contributed by atoms with E-state index in [1.165, 1.54) is 0 Å². The molecule has 0 atom stereocenters. The first-order valence-electron chi connectivity index (χ1n) is 4.26. The van der Waals surface area contributed by atoms with E-state index in [0.29, 0.717) is 6.54 Å². The monoisotopic (exact) mass is 206 g/mol. The molecular formula is C9H10N4S. The summed E-state index contributed by atoms with van der Waals surface area (Å²) in [7, 11) is 0. The van der Waals surface area contributed by atoms with E-state index in [1.54, 1.807) is 17.5 Å². The molecule has 14 heavy (non-hydrogen) atoms. The Morgan fingerprint density at radius 2 is 2.50 bits per heavy atom. The fourth-order valence-electron chi connectivity index (χ4n) is 1.03. The topological polar surface area (TPSA) is 53.9 Å². The summed E-state index contributed by atoms with van der Waals surface area (Å²) in [6, 6.07) is 3.91. The van der Waals surface area contributed by atoms with Gasteiger partial charge in [-0.05, 0) is 18.6 Å². The third-order valence-corrected chi connectivity index (χ3v) is 2.48. The molecule has 2 heterocycles. The first-order valence-corrected chi connectivity index (χ1v) is 5.08. The maximum Gasteiger partial charge on any atom is 0.200 e. The van der Waals surface area contributed by atoms with Gasteiger partial charge in [-0.2, -0.15) is 5.10 Å². The van der Waals surface area contributed by atoms with Crippen LogP contribution in [-0.4, -0.2) is 15.2 Å². The van der Waals surface area contributed by atoms with Gasteiger partial charge in [0.2, 0.25) is 4.80 Å². The first-order chi connectivity index (χ1) is 6.84. The van der Waals surface area contributed by atoms with Crippen LogP contribution < -0.4 is 4.80 Å². The molecule has 0 radical (unpaired) electrons. The zero-order valence-corrected chi connectivity index (χ0v) is 8.58. The molecule has 0 unspecified atom stereocenters. The number of nitrogens with one attached hydrogen (secondary N) is 1. The molecule has 2 aromatic rings. The number of nitrogens with zero attached hydrogens (tertiary/aromatic N) is 3. The van der Waals surface area contributed by atoms with Crippen LogP contribution in [0.4, 0.5) is 0 Å². The van der Waals surface area contributed by atoms with Crippen molar-refractivity contribution in [2.75, 3.05) is 0 Å².